The van der Waals surface area contributed by atoms with Gasteiger partial charge in [-0.3, -0.25) is 9.78 Å². The van der Waals surface area contributed by atoms with Crippen LogP contribution in [0.4, 0.5) is 0 Å². The van der Waals surface area contributed by atoms with Crippen LogP contribution in [0.5, 0.6) is 11.5 Å². The molecule has 6 nitrogen and oxygen atoms in total. The van der Waals surface area contributed by atoms with Crippen molar-refractivity contribution in [2.75, 3.05) is 7.11 Å². The molecular weight excluding hydrogens is 318 g/mol. The number of aryl methyl sites for hydroxylation is 1. The van der Waals surface area contributed by atoms with Crippen molar-refractivity contribution in [1.82, 2.24) is 10.4 Å². The molecule has 1 amide bonds. The molecule has 0 radical (unpaired) electrons. The summed E-state index contributed by atoms with van der Waals surface area (Å²) in [5.41, 5.74) is 5.05. The van der Waals surface area contributed by atoms with Crippen molar-refractivity contribution in [3.8, 4) is 11.5 Å². The van der Waals surface area contributed by atoms with Gasteiger partial charge in [-0.2, -0.15) is 5.10 Å². The van der Waals surface area contributed by atoms with Gasteiger partial charge in [0, 0.05) is 5.39 Å². The number of phenolic OH excluding ortho intramolecular Hbond substituents is 1. The number of rotatable bonds is 4. The molecule has 3 rings (SSSR count). The molecule has 25 heavy (non-hydrogen) atoms. The number of methoxy groups -OCH3 is 1. The number of hydrogen-bond acceptors (Lipinski definition) is 5. The highest BCUT2D eigenvalue weighted by atomic mass is 16.5. The highest BCUT2D eigenvalue weighted by Gasteiger charge is 2.10. The van der Waals surface area contributed by atoms with Gasteiger partial charge in [0.15, 0.2) is 11.5 Å². The van der Waals surface area contributed by atoms with Crippen molar-refractivity contribution in [2.24, 2.45) is 5.10 Å². The van der Waals surface area contributed by atoms with Crippen LogP contribution in [0.2, 0.25) is 0 Å². The standard InChI is InChI=1S/C19H17N3O3/c1-12-15(10-14-5-3-4-6-16(14)21-12)19(24)22-20-11-13-7-8-18(25-2)17(23)9-13/h3-11,23H,1-2H3,(H,22,24). The molecule has 2 aromatic carbocycles. The molecule has 0 aliphatic heterocycles. The summed E-state index contributed by atoms with van der Waals surface area (Å²) in [6.07, 6.45) is 1.45. The van der Waals surface area contributed by atoms with Crippen LogP contribution in [0.1, 0.15) is 21.6 Å². The van der Waals surface area contributed by atoms with E-state index in [1.165, 1.54) is 19.4 Å². The van der Waals surface area contributed by atoms with Gasteiger partial charge in [0.1, 0.15) is 0 Å². The molecule has 126 valence electrons. The lowest BCUT2D eigenvalue weighted by Gasteiger charge is -2.06. The molecule has 2 N–H and O–H groups in total. The van der Waals surface area contributed by atoms with E-state index in [4.69, 9.17) is 4.74 Å². The second kappa shape index (κ2) is 7.00. The first-order valence-electron chi connectivity index (χ1n) is 7.65. The van der Waals surface area contributed by atoms with Crippen LogP contribution >= 0.6 is 0 Å². The summed E-state index contributed by atoms with van der Waals surface area (Å²) in [4.78, 5) is 16.8. The maximum absolute atomic E-state index is 12.3. The Morgan fingerprint density at radius 3 is 2.80 bits per heavy atom. The number of amides is 1. The molecule has 3 aromatic rings. The number of hydrogen-bond donors (Lipinski definition) is 2. The molecule has 0 unspecified atom stereocenters. The van der Waals surface area contributed by atoms with Crippen LogP contribution in [0.3, 0.4) is 0 Å². The highest BCUT2D eigenvalue weighted by Crippen LogP contribution is 2.25. The van der Waals surface area contributed by atoms with Gasteiger partial charge in [-0.25, -0.2) is 5.43 Å². The van der Waals surface area contributed by atoms with Gasteiger partial charge in [0.2, 0.25) is 0 Å². The Morgan fingerprint density at radius 2 is 2.04 bits per heavy atom. The minimum atomic E-state index is -0.343. The van der Waals surface area contributed by atoms with Crippen molar-refractivity contribution in [3.63, 3.8) is 0 Å². The zero-order chi connectivity index (χ0) is 17.8. The molecule has 0 fully saturated rings. The number of aromatic hydroxyl groups is 1. The fourth-order valence-corrected chi connectivity index (χ4v) is 2.46. The number of para-hydroxylation sites is 1. The number of carbonyl (C=O) groups excluding carboxylic acids is 1. The summed E-state index contributed by atoms with van der Waals surface area (Å²) in [5, 5.41) is 14.6. The summed E-state index contributed by atoms with van der Waals surface area (Å²) >= 11 is 0. The van der Waals surface area contributed by atoms with Crippen LogP contribution in [-0.2, 0) is 0 Å². The third-order valence-electron chi connectivity index (χ3n) is 3.74. The van der Waals surface area contributed by atoms with Crippen molar-refractivity contribution in [2.45, 2.75) is 6.92 Å². The lowest BCUT2D eigenvalue weighted by atomic mass is 10.1. The molecule has 0 saturated carbocycles. The second-order valence-electron chi connectivity index (χ2n) is 5.44. The topological polar surface area (TPSA) is 83.8 Å². The minimum absolute atomic E-state index is 0.00681. The van der Waals surface area contributed by atoms with Gasteiger partial charge in [-0.1, -0.05) is 18.2 Å². The maximum atomic E-state index is 12.3. The van der Waals surface area contributed by atoms with Crippen LogP contribution in [0.15, 0.2) is 53.6 Å². The summed E-state index contributed by atoms with van der Waals surface area (Å²) in [7, 11) is 1.48. The van der Waals surface area contributed by atoms with E-state index >= 15 is 0 Å². The quantitative estimate of drug-likeness (QED) is 0.567. The number of ether oxygens (including phenoxy) is 1. The molecule has 0 bridgehead atoms. The number of phenols is 1. The molecule has 6 heteroatoms. The van der Waals surface area contributed by atoms with E-state index in [9.17, 15) is 9.90 Å². The number of aromatic nitrogens is 1. The number of carbonyl (C=O) groups is 1. The minimum Gasteiger partial charge on any atom is -0.504 e. The number of fused-ring (bicyclic) bond motifs is 1. The summed E-state index contributed by atoms with van der Waals surface area (Å²) in [5.74, 6) is 0.0381. The first-order valence-corrected chi connectivity index (χ1v) is 7.65. The number of pyridine rings is 1. The van der Waals surface area contributed by atoms with E-state index in [1.54, 1.807) is 25.1 Å². The van der Waals surface area contributed by atoms with E-state index in [1.807, 2.05) is 24.3 Å². The van der Waals surface area contributed by atoms with Crippen molar-refractivity contribution in [1.29, 1.82) is 0 Å². The van der Waals surface area contributed by atoms with E-state index in [0.29, 0.717) is 22.6 Å². The fraction of sp³-hybridized carbons (Fsp3) is 0.105. The van der Waals surface area contributed by atoms with Crippen molar-refractivity contribution in [3.05, 3.63) is 65.4 Å². The van der Waals surface area contributed by atoms with Gasteiger partial charge in [0.05, 0.1) is 30.1 Å². The maximum Gasteiger partial charge on any atom is 0.273 e. The van der Waals surface area contributed by atoms with E-state index in [-0.39, 0.29) is 11.7 Å². The molecule has 1 heterocycles. The first-order chi connectivity index (χ1) is 12.1. The average Bonchev–Trinajstić information content (AvgIpc) is 2.61. The highest BCUT2D eigenvalue weighted by molar-refractivity contribution is 5.99. The first kappa shape index (κ1) is 16.4. The van der Waals surface area contributed by atoms with Crippen LogP contribution in [0.25, 0.3) is 10.9 Å². The fourth-order valence-electron chi connectivity index (χ4n) is 2.46. The molecule has 1 aromatic heterocycles. The average molecular weight is 335 g/mol. The third-order valence-corrected chi connectivity index (χ3v) is 3.74. The number of nitrogens with one attached hydrogen (secondary N) is 1. The predicted octanol–water partition coefficient (Wildman–Crippen LogP) is 3.02. The van der Waals surface area contributed by atoms with Crippen LogP contribution in [0, 0.1) is 6.92 Å². The zero-order valence-electron chi connectivity index (χ0n) is 13.9. The van der Waals surface area contributed by atoms with Gasteiger partial charge in [-0.05, 0) is 42.8 Å². The van der Waals surface area contributed by atoms with Gasteiger partial charge >= 0.3 is 0 Å². The van der Waals surface area contributed by atoms with E-state index < -0.39 is 0 Å². The largest absolute Gasteiger partial charge is 0.504 e. The molecule has 0 spiro atoms. The lowest BCUT2D eigenvalue weighted by molar-refractivity contribution is 0.0954. The summed E-state index contributed by atoms with van der Waals surface area (Å²) in [6, 6.07) is 14.2. The molecular formula is C19H17N3O3. The normalized spacial score (nSPS) is 11.0. The lowest BCUT2D eigenvalue weighted by Crippen LogP contribution is -2.19. The second-order valence-corrected chi connectivity index (χ2v) is 5.44. The predicted molar refractivity (Wildman–Crippen MR) is 96.2 cm³/mol. The van der Waals surface area contributed by atoms with Crippen molar-refractivity contribution < 1.29 is 14.6 Å². The number of hydrazone groups is 1. The zero-order valence-corrected chi connectivity index (χ0v) is 13.9. The summed E-state index contributed by atoms with van der Waals surface area (Å²) < 4.78 is 4.98. The Kier molecular flexibility index (Phi) is 4.61. The Bertz CT molecular complexity index is 967. The van der Waals surface area contributed by atoms with Gasteiger partial charge < -0.3 is 9.84 Å². The van der Waals surface area contributed by atoms with Gasteiger partial charge in [0.25, 0.3) is 5.91 Å². The number of benzene rings is 2. The van der Waals surface area contributed by atoms with Gasteiger partial charge in [-0.15, -0.1) is 0 Å². The third kappa shape index (κ3) is 3.58. The number of nitrogens with zero attached hydrogens (tertiary/aromatic N) is 2. The Hall–Kier alpha value is -3.41. The molecule has 0 saturated heterocycles. The molecule has 0 atom stereocenters. The molecule has 0 aliphatic rings. The van der Waals surface area contributed by atoms with E-state index in [2.05, 4.69) is 15.5 Å². The van der Waals surface area contributed by atoms with Crippen LogP contribution in [-0.4, -0.2) is 29.3 Å². The Labute approximate surface area is 144 Å². The smallest absolute Gasteiger partial charge is 0.273 e. The van der Waals surface area contributed by atoms with E-state index in [0.717, 1.165) is 10.9 Å². The Morgan fingerprint density at radius 1 is 1.24 bits per heavy atom. The SMILES string of the molecule is COc1ccc(C=NNC(=O)c2cc3ccccc3nc2C)cc1O. The van der Waals surface area contributed by atoms with Crippen molar-refractivity contribution >= 4 is 23.0 Å². The molecule has 0 aliphatic carbocycles. The van der Waals surface area contributed by atoms with Crippen LogP contribution < -0.4 is 10.2 Å². The Balaban J connectivity index is 1.76. The monoisotopic (exact) mass is 335 g/mol. The summed E-state index contributed by atoms with van der Waals surface area (Å²) in [6.45, 7) is 1.78.